The first-order valence-electron chi connectivity index (χ1n) is 9.05. The molecule has 0 saturated carbocycles. The van der Waals surface area contributed by atoms with Crippen LogP contribution in [0.15, 0.2) is 35.1 Å². The number of piperidine rings is 1. The average molecular weight is 419 g/mol. The summed E-state index contributed by atoms with van der Waals surface area (Å²) < 4.78 is 0. The molecule has 0 unspecified atom stereocenters. The molecule has 3 rings (SSSR count). The minimum Gasteiger partial charge on any atom is -0.352 e. The standard InChI is InChI=1S/C20H20Cl2N4O2/c21-17-9-16(20(28)25-18(17)22)19(27)24-11-13-5-7-26(8-6-13)12-15-4-2-1-3-14(15)10-23/h1-4,9,13H,5-8,11-12H2,(H,24,27)(H,25,28). The highest BCUT2D eigenvalue weighted by Gasteiger charge is 2.21. The number of pyridine rings is 1. The molecule has 0 radical (unpaired) electrons. The molecule has 2 heterocycles. The highest BCUT2D eigenvalue weighted by atomic mass is 35.5. The van der Waals surface area contributed by atoms with E-state index >= 15 is 0 Å². The summed E-state index contributed by atoms with van der Waals surface area (Å²) in [5.74, 6) is -0.113. The number of benzene rings is 1. The van der Waals surface area contributed by atoms with Crippen LogP contribution in [0.5, 0.6) is 0 Å². The molecule has 0 atom stereocenters. The van der Waals surface area contributed by atoms with Crippen molar-refractivity contribution in [2.75, 3.05) is 19.6 Å². The third kappa shape index (κ3) is 4.93. The van der Waals surface area contributed by atoms with Crippen molar-refractivity contribution >= 4 is 29.1 Å². The Kier molecular flexibility index (Phi) is 6.74. The lowest BCUT2D eigenvalue weighted by molar-refractivity contribution is 0.0933. The number of H-pyrrole nitrogens is 1. The molecule has 8 heteroatoms. The van der Waals surface area contributed by atoms with Crippen LogP contribution in [-0.2, 0) is 6.54 Å². The van der Waals surface area contributed by atoms with Crippen LogP contribution in [0.25, 0.3) is 0 Å². The quantitative estimate of drug-likeness (QED) is 0.729. The van der Waals surface area contributed by atoms with Gasteiger partial charge in [-0.3, -0.25) is 14.5 Å². The SMILES string of the molecule is N#Cc1ccccc1CN1CCC(CNC(=O)c2cc(Cl)c(Cl)[nH]c2=O)CC1. The molecule has 2 aromatic rings. The Morgan fingerprint density at radius 1 is 1.29 bits per heavy atom. The highest BCUT2D eigenvalue weighted by Crippen LogP contribution is 2.20. The maximum atomic E-state index is 12.3. The lowest BCUT2D eigenvalue weighted by Gasteiger charge is -2.32. The Hall–Kier alpha value is -2.33. The number of carbonyl (C=O) groups excluding carboxylic acids is 1. The number of aromatic nitrogens is 1. The fourth-order valence-corrected chi connectivity index (χ4v) is 3.64. The van der Waals surface area contributed by atoms with Crippen LogP contribution in [0.4, 0.5) is 0 Å². The van der Waals surface area contributed by atoms with Crippen LogP contribution < -0.4 is 10.9 Å². The van der Waals surface area contributed by atoms with Crippen LogP contribution in [0.2, 0.25) is 10.2 Å². The monoisotopic (exact) mass is 418 g/mol. The van der Waals surface area contributed by atoms with E-state index in [1.54, 1.807) is 0 Å². The van der Waals surface area contributed by atoms with E-state index in [0.29, 0.717) is 18.0 Å². The molecule has 0 bridgehead atoms. The van der Waals surface area contributed by atoms with Gasteiger partial charge in [0.25, 0.3) is 11.5 Å². The predicted octanol–water partition coefficient (Wildman–Crippen LogP) is 3.20. The van der Waals surface area contributed by atoms with Gasteiger partial charge in [0.15, 0.2) is 0 Å². The van der Waals surface area contributed by atoms with Crippen LogP contribution in [-0.4, -0.2) is 35.4 Å². The van der Waals surface area contributed by atoms with Crippen molar-refractivity contribution in [1.82, 2.24) is 15.2 Å². The number of nitriles is 1. The molecule has 0 aliphatic carbocycles. The normalized spacial score (nSPS) is 15.2. The van der Waals surface area contributed by atoms with Gasteiger partial charge in [0.2, 0.25) is 0 Å². The zero-order chi connectivity index (χ0) is 20.1. The number of nitrogens with one attached hydrogen (secondary N) is 2. The third-order valence-electron chi connectivity index (χ3n) is 4.98. The van der Waals surface area contributed by atoms with E-state index in [2.05, 4.69) is 21.3 Å². The number of rotatable bonds is 5. The van der Waals surface area contributed by atoms with E-state index in [1.807, 2.05) is 24.3 Å². The number of likely N-dealkylation sites (tertiary alicyclic amines) is 1. The number of hydrogen-bond donors (Lipinski definition) is 2. The highest BCUT2D eigenvalue weighted by molar-refractivity contribution is 6.41. The maximum Gasteiger partial charge on any atom is 0.262 e. The Balaban J connectivity index is 1.50. The molecule has 1 amide bonds. The molecular weight excluding hydrogens is 399 g/mol. The summed E-state index contributed by atoms with van der Waals surface area (Å²) in [5, 5.41) is 12.2. The van der Waals surface area contributed by atoms with Crippen molar-refractivity contribution in [2.24, 2.45) is 5.92 Å². The van der Waals surface area contributed by atoms with Gasteiger partial charge in [0.1, 0.15) is 10.7 Å². The first-order chi connectivity index (χ1) is 13.5. The molecule has 146 valence electrons. The number of hydrogen-bond acceptors (Lipinski definition) is 4. The van der Waals surface area contributed by atoms with Gasteiger partial charge in [-0.05, 0) is 49.5 Å². The summed E-state index contributed by atoms with van der Waals surface area (Å²) in [6.45, 7) is 3.05. The van der Waals surface area contributed by atoms with Gasteiger partial charge in [-0.2, -0.15) is 5.26 Å². The van der Waals surface area contributed by atoms with Gasteiger partial charge in [0.05, 0.1) is 16.7 Å². The largest absolute Gasteiger partial charge is 0.352 e. The maximum absolute atomic E-state index is 12.3. The van der Waals surface area contributed by atoms with Gasteiger partial charge in [-0.15, -0.1) is 0 Å². The van der Waals surface area contributed by atoms with Gasteiger partial charge >= 0.3 is 0 Å². The van der Waals surface area contributed by atoms with Crippen LogP contribution >= 0.6 is 23.2 Å². The van der Waals surface area contributed by atoms with E-state index in [1.165, 1.54) is 6.07 Å². The molecule has 2 N–H and O–H groups in total. The van der Waals surface area contributed by atoms with Crippen molar-refractivity contribution in [3.05, 3.63) is 67.6 Å². The summed E-state index contributed by atoms with van der Waals surface area (Å²) in [6, 6.07) is 11.2. The first kappa shape index (κ1) is 20.4. The average Bonchev–Trinajstić information content (AvgIpc) is 2.70. The number of amides is 1. The smallest absolute Gasteiger partial charge is 0.262 e. The molecule has 1 aromatic heterocycles. The Morgan fingerprint density at radius 3 is 2.71 bits per heavy atom. The second kappa shape index (κ2) is 9.24. The van der Waals surface area contributed by atoms with Crippen molar-refractivity contribution in [3.8, 4) is 6.07 Å². The predicted molar refractivity (Wildman–Crippen MR) is 109 cm³/mol. The molecule has 0 spiro atoms. The second-order valence-electron chi connectivity index (χ2n) is 6.87. The summed E-state index contributed by atoms with van der Waals surface area (Å²) in [5.41, 5.74) is 1.15. The molecule has 6 nitrogen and oxygen atoms in total. The van der Waals surface area contributed by atoms with Gasteiger partial charge < -0.3 is 10.3 Å². The molecular formula is C20H20Cl2N4O2. The number of carbonyl (C=O) groups is 1. The zero-order valence-corrected chi connectivity index (χ0v) is 16.7. The fourth-order valence-electron chi connectivity index (χ4n) is 3.34. The third-order valence-corrected chi connectivity index (χ3v) is 5.68. The topological polar surface area (TPSA) is 89.0 Å². The minimum absolute atomic E-state index is 0.0218. The van der Waals surface area contributed by atoms with Crippen LogP contribution in [0.3, 0.4) is 0 Å². The molecule has 28 heavy (non-hydrogen) atoms. The molecule has 1 aliphatic heterocycles. The summed E-state index contributed by atoms with van der Waals surface area (Å²) >= 11 is 11.6. The lowest BCUT2D eigenvalue weighted by atomic mass is 9.96. The Labute approximate surface area is 173 Å². The molecule has 1 aliphatic rings. The molecule has 1 fully saturated rings. The van der Waals surface area contributed by atoms with Crippen molar-refractivity contribution < 1.29 is 4.79 Å². The van der Waals surface area contributed by atoms with Gasteiger partial charge in [-0.1, -0.05) is 41.4 Å². The van der Waals surface area contributed by atoms with E-state index in [4.69, 9.17) is 23.2 Å². The lowest BCUT2D eigenvalue weighted by Crippen LogP contribution is -2.39. The zero-order valence-electron chi connectivity index (χ0n) is 15.2. The number of halogens is 2. The molecule has 1 saturated heterocycles. The van der Waals surface area contributed by atoms with E-state index in [0.717, 1.165) is 38.0 Å². The van der Waals surface area contributed by atoms with Crippen LogP contribution in [0, 0.1) is 17.2 Å². The van der Waals surface area contributed by atoms with E-state index in [-0.39, 0.29) is 15.7 Å². The van der Waals surface area contributed by atoms with Crippen molar-refractivity contribution in [1.29, 1.82) is 5.26 Å². The number of nitrogens with zero attached hydrogens (tertiary/aromatic N) is 2. The fraction of sp³-hybridized carbons (Fsp3) is 0.350. The second-order valence-corrected chi connectivity index (χ2v) is 7.66. The van der Waals surface area contributed by atoms with Crippen LogP contribution in [0.1, 0.15) is 34.3 Å². The van der Waals surface area contributed by atoms with E-state index in [9.17, 15) is 14.9 Å². The number of aromatic amines is 1. The van der Waals surface area contributed by atoms with Gasteiger partial charge in [-0.25, -0.2) is 0 Å². The van der Waals surface area contributed by atoms with Crippen molar-refractivity contribution in [2.45, 2.75) is 19.4 Å². The Bertz CT molecular complexity index is 959. The van der Waals surface area contributed by atoms with E-state index < -0.39 is 11.5 Å². The summed E-state index contributed by atoms with van der Waals surface area (Å²) in [6.07, 6.45) is 1.87. The summed E-state index contributed by atoms with van der Waals surface area (Å²) in [7, 11) is 0. The first-order valence-corrected chi connectivity index (χ1v) is 9.80. The van der Waals surface area contributed by atoms with Gasteiger partial charge in [0, 0.05) is 13.1 Å². The Morgan fingerprint density at radius 2 is 2.00 bits per heavy atom. The summed E-state index contributed by atoms with van der Waals surface area (Å²) in [4.78, 5) is 28.8. The molecule has 1 aromatic carbocycles. The minimum atomic E-state index is -0.558. The van der Waals surface area contributed by atoms with Crippen molar-refractivity contribution in [3.63, 3.8) is 0 Å².